The molecule has 1 heterocycles. The van der Waals surface area contributed by atoms with E-state index in [1.54, 1.807) is 62.6 Å². The van der Waals surface area contributed by atoms with Crippen LogP contribution in [0, 0.1) is 11.3 Å². The first-order valence-corrected chi connectivity index (χ1v) is 13.6. The summed E-state index contributed by atoms with van der Waals surface area (Å²) in [6, 6.07) is 23.5. The van der Waals surface area contributed by atoms with E-state index in [2.05, 4.69) is 22.0 Å². The number of dihydropyridines is 1. The number of nitrogens with one attached hydrogen (secondary N) is 3. The van der Waals surface area contributed by atoms with E-state index >= 15 is 0 Å². The molecule has 10 heteroatoms. The lowest BCUT2D eigenvalue weighted by Crippen LogP contribution is -2.31. The molecule has 0 unspecified atom stereocenters. The van der Waals surface area contributed by atoms with Crippen LogP contribution in [0.25, 0.3) is 0 Å². The molecule has 40 heavy (non-hydrogen) atoms. The van der Waals surface area contributed by atoms with Gasteiger partial charge in [0.25, 0.3) is 5.91 Å². The Morgan fingerprint density at radius 1 is 1.02 bits per heavy atom. The first-order valence-electron chi connectivity index (χ1n) is 12.2. The molecule has 1 aliphatic heterocycles. The number of amides is 2. The standard InChI is InChI=1S/C30H27ClN4O4S/c1-18-27(29(37)34-19-9-5-4-6-10-19)28(21-11-7-8-12-23(21)31)22(16-32)30(33-18)40-17-26(36)35-24-14-13-20(38-2)15-25(24)39-3/h4-15,28,33H,17H2,1-3H3,(H,34,37)(H,35,36)/t28-/m1/s1. The van der Waals surface area contributed by atoms with Crippen molar-refractivity contribution in [3.8, 4) is 17.6 Å². The second-order valence-corrected chi connectivity index (χ2v) is 10.1. The summed E-state index contributed by atoms with van der Waals surface area (Å²) in [6.45, 7) is 1.76. The number of rotatable bonds is 9. The minimum absolute atomic E-state index is 0.00321. The molecular formula is C30H27ClN4O4S. The molecule has 204 valence electrons. The van der Waals surface area contributed by atoms with Crippen molar-refractivity contribution in [3.05, 3.63) is 105 Å². The van der Waals surface area contributed by atoms with Gasteiger partial charge in [0.2, 0.25) is 5.91 Å². The van der Waals surface area contributed by atoms with Crippen molar-refractivity contribution in [1.82, 2.24) is 5.32 Å². The highest BCUT2D eigenvalue weighted by Gasteiger charge is 2.36. The second kappa shape index (κ2) is 13.1. The minimum Gasteiger partial charge on any atom is -0.497 e. The van der Waals surface area contributed by atoms with Crippen molar-refractivity contribution in [2.24, 2.45) is 0 Å². The molecule has 0 fully saturated rings. The Labute approximate surface area is 242 Å². The third-order valence-electron chi connectivity index (χ3n) is 6.17. The molecule has 3 aromatic carbocycles. The summed E-state index contributed by atoms with van der Waals surface area (Å²) in [5.41, 5.74) is 2.94. The summed E-state index contributed by atoms with van der Waals surface area (Å²) in [5, 5.41) is 20.1. The van der Waals surface area contributed by atoms with Crippen molar-refractivity contribution in [2.45, 2.75) is 12.8 Å². The molecule has 0 bridgehead atoms. The Kier molecular flexibility index (Phi) is 9.38. The number of nitrogens with zero attached hydrogens (tertiary/aromatic N) is 1. The summed E-state index contributed by atoms with van der Waals surface area (Å²) in [4.78, 5) is 26.4. The topological polar surface area (TPSA) is 112 Å². The van der Waals surface area contributed by atoms with Crippen LogP contribution in [-0.4, -0.2) is 31.8 Å². The second-order valence-electron chi connectivity index (χ2n) is 8.70. The molecule has 0 radical (unpaired) electrons. The van der Waals surface area contributed by atoms with Crippen molar-refractivity contribution in [1.29, 1.82) is 5.26 Å². The van der Waals surface area contributed by atoms with Gasteiger partial charge >= 0.3 is 0 Å². The van der Waals surface area contributed by atoms with Crippen LogP contribution in [0.3, 0.4) is 0 Å². The Balaban J connectivity index is 1.62. The number of carbonyl (C=O) groups excluding carboxylic acids is 2. The van der Waals surface area contributed by atoms with E-state index in [0.29, 0.717) is 49.8 Å². The van der Waals surface area contributed by atoms with E-state index in [0.717, 1.165) is 11.8 Å². The number of thioether (sulfide) groups is 1. The molecule has 0 aromatic heterocycles. The molecule has 0 aliphatic carbocycles. The number of para-hydroxylation sites is 1. The van der Waals surface area contributed by atoms with Crippen LogP contribution in [0.15, 0.2) is 94.7 Å². The smallest absolute Gasteiger partial charge is 0.254 e. The molecule has 8 nitrogen and oxygen atoms in total. The maximum Gasteiger partial charge on any atom is 0.254 e. The van der Waals surface area contributed by atoms with E-state index in [1.807, 2.05) is 24.3 Å². The molecule has 0 spiro atoms. The fraction of sp³-hybridized carbons (Fsp3) is 0.167. The lowest BCUT2D eigenvalue weighted by atomic mass is 9.82. The van der Waals surface area contributed by atoms with E-state index in [4.69, 9.17) is 21.1 Å². The zero-order chi connectivity index (χ0) is 28.6. The van der Waals surface area contributed by atoms with Gasteiger partial charge < -0.3 is 25.4 Å². The van der Waals surface area contributed by atoms with Gasteiger partial charge in [0.15, 0.2) is 0 Å². The third kappa shape index (κ3) is 6.42. The van der Waals surface area contributed by atoms with Crippen LogP contribution in [-0.2, 0) is 9.59 Å². The maximum absolute atomic E-state index is 13.5. The van der Waals surface area contributed by atoms with Gasteiger partial charge in [-0.25, -0.2) is 0 Å². The van der Waals surface area contributed by atoms with Crippen LogP contribution in [0.1, 0.15) is 18.4 Å². The van der Waals surface area contributed by atoms with Gasteiger partial charge in [-0.05, 0) is 42.8 Å². The normalized spacial score (nSPS) is 14.6. The fourth-order valence-electron chi connectivity index (χ4n) is 4.29. The largest absolute Gasteiger partial charge is 0.497 e. The quantitative estimate of drug-likeness (QED) is 0.284. The van der Waals surface area contributed by atoms with Crippen molar-refractivity contribution < 1.29 is 19.1 Å². The lowest BCUT2D eigenvalue weighted by molar-refractivity contribution is -0.114. The van der Waals surface area contributed by atoms with Gasteiger partial charge in [0.05, 0.1) is 48.2 Å². The number of hydrogen-bond donors (Lipinski definition) is 3. The molecule has 1 atom stereocenters. The minimum atomic E-state index is -0.740. The average Bonchev–Trinajstić information content (AvgIpc) is 2.96. The van der Waals surface area contributed by atoms with Crippen molar-refractivity contribution in [3.63, 3.8) is 0 Å². The highest BCUT2D eigenvalue weighted by molar-refractivity contribution is 8.03. The van der Waals surface area contributed by atoms with Crippen molar-refractivity contribution >= 4 is 46.6 Å². The molecule has 1 aliphatic rings. The lowest BCUT2D eigenvalue weighted by Gasteiger charge is -2.30. The summed E-state index contributed by atoms with van der Waals surface area (Å²) in [6.07, 6.45) is 0. The number of carbonyl (C=O) groups is 2. The SMILES string of the molecule is COc1ccc(NC(=O)CSC2=C(C#N)[C@@H](c3ccccc3Cl)C(C(=O)Nc3ccccc3)=C(C)N2)c(OC)c1. The fourth-order valence-corrected chi connectivity index (χ4v) is 5.43. The van der Waals surface area contributed by atoms with Gasteiger partial charge in [-0.2, -0.15) is 5.26 Å². The summed E-state index contributed by atoms with van der Waals surface area (Å²) in [7, 11) is 3.05. The van der Waals surface area contributed by atoms with E-state index in [9.17, 15) is 14.9 Å². The molecule has 2 amide bonds. The van der Waals surface area contributed by atoms with Gasteiger partial charge in [0, 0.05) is 28.0 Å². The highest BCUT2D eigenvalue weighted by Crippen LogP contribution is 2.43. The van der Waals surface area contributed by atoms with E-state index in [1.165, 1.54) is 7.11 Å². The number of halogens is 1. The van der Waals surface area contributed by atoms with Crippen LogP contribution in [0.5, 0.6) is 11.5 Å². The zero-order valence-corrected chi connectivity index (χ0v) is 23.7. The van der Waals surface area contributed by atoms with Crippen LogP contribution in [0.2, 0.25) is 5.02 Å². The summed E-state index contributed by atoms with van der Waals surface area (Å²) >= 11 is 7.74. The summed E-state index contributed by atoms with van der Waals surface area (Å²) < 4.78 is 10.6. The molecule has 3 N–H and O–H groups in total. The van der Waals surface area contributed by atoms with Crippen molar-refractivity contribution in [2.75, 3.05) is 30.6 Å². The van der Waals surface area contributed by atoms with Gasteiger partial charge in [-0.1, -0.05) is 59.8 Å². The first-order chi connectivity index (χ1) is 19.4. The Bertz CT molecular complexity index is 1530. The number of nitriles is 1. The van der Waals surface area contributed by atoms with Gasteiger partial charge in [-0.3, -0.25) is 9.59 Å². The average molecular weight is 575 g/mol. The number of anilines is 2. The molecule has 0 saturated carbocycles. The maximum atomic E-state index is 13.5. The Morgan fingerprint density at radius 2 is 1.75 bits per heavy atom. The van der Waals surface area contributed by atoms with Gasteiger partial charge in [0.1, 0.15) is 11.5 Å². The molecule has 4 rings (SSSR count). The molecule has 3 aromatic rings. The highest BCUT2D eigenvalue weighted by atomic mass is 35.5. The monoisotopic (exact) mass is 574 g/mol. The number of hydrogen-bond acceptors (Lipinski definition) is 7. The predicted molar refractivity (Wildman–Crippen MR) is 158 cm³/mol. The molecule has 0 saturated heterocycles. The number of allylic oxidation sites excluding steroid dienone is 2. The zero-order valence-electron chi connectivity index (χ0n) is 22.1. The number of benzene rings is 3. The number of methoxy groups -OCH3 is 2. The Hall–Kier alpha value is -4.39. The Morgan fingerprint density at radius 3 is 2.42 bits per heavy atom. The van der Waals surface area contributed by atoms with Gasteiger partial charge in [-0.15, -0.1) is 0 Å². The third-order valence-corrected chi connectivity index (χ3v) is 7.53. The molecular weight excluding hydrogens is 548 g/mol. The predicted octanol–water partition coefficient (Wildman–Crippen LogP) is 6.06. The summed E-state index contributed by atoms with van der Waals surface area (Å²) in [5.74, 6) is -0.352. The first kappa shape index (κ1) is 28.6. The van der Waals surface area contributed by atoms with E-state index < -0.39 is 5.92 Å². The van der Waals surface area contributed by atoms with E-state index in [-0.39, 0.29) is 23.1 Å². The van der Waals surface area contributed by atoms with Crippen LogP contribution >= 0.6 is 23.4 Å². The number of ether oxygens (including phenoxy) is 2. The van der Waals surface area contributed by atoms with Crippen LogP contribution in [0.4, 0.5) is 11.4 Å². The van der Waals surface area contributed by atoms with Crippen LogP contribution < -0.4 is 25.4 Å².